The molecular formula is C21H27ClO5. The summed E-state index contributed by atoms with van der Waals surface area (Å²) in [6, 6.07) is 1.01. The Hall–Kier alpha value is -2.01. The molecule has 1 atom stereocenters. The van der Waals surface area contributed by atoms with Crippen molar-refractivity contribution >= 4 is 23.4 Å². The Bertz CT molecular complexity index is 711. The van der Waals surface area contributed by atoms with Gasteiger partial charge in [0.1, 0.15) is 22.8 Å². The van der Waals surface area contributed by atoms with Gasteiger partial charge in [-0.3, -0.25) is 4.79 Å². The molecule has 1 aromatic rings. The molecule has 0 amide bonds. The number of allylic oxidation sites excluding steroid dienone is 2. The lowest BCUT2D eigenvalue weighted by Gasteiger charge is -2.17. The van der Waals surface area contributed by atoms with Gasteiger partial charge in [-0.2, -0.15) is 0 Å². The fourth-order valence-corrected chi connectivity index (χ4v) is 3.39. The van der Waals surface area contributed by atoms with Crippen molar-refractivity contribution < 1.29 is 24.5 Å². The topological polar surface area (TPSA) is 83.8 Å². The molecule has 0 aromatic heterocycles. The summed E-state index contributed by atoms with van der Waals surface area (Å²) in [6.07, 6.45) is 10.4. The van der Waals surface area contributed by atoms with Crippen molar-refractivity contribution in [3.63, 3.8) is 0 Å². The first kappa shape index (κ1) is 21.3. The molecule has 1 aliphatic rings. The summed E-state index contributed by atoms with van der Waals surface area (Å²) in [5.41, 5.74) is -0.00966. The molecule has 2 rings (SSSR count). The number of hydrogen-bond donors (Lipinski definition) is 2. The summed E-state index contributed by atoms with van der Waals surface area (Å²) in [5, 5.41) is 20.0. The van der Waals surface area contributed by atoms with Gasteiger partial charge in [-0.25, -0.2) is 4.79 Å². The standard InChI is InChI=1S/C21H27ClO5/c1-14-10-8-6-4-2-3-5-7-9-11-15(23)12-16-19(21(26)27-14)17(24)13-18(25)20(16)22/h2-3,13-14,24-25H,4-12H2,1H3/b3-2+. The molecule has 5 nitrogen and oxygen atoms in total. The summed E-state index contributed by atoms with van der Waals surface area (Å²) >= 11 is 6.14. The van der Waals surface area contributed by atoms with Gasteiger partial charge in [0.2, 0.25) is 0 Å². The van der Waals surface area contributed by atoms with Crippen molar-refractivity contribution in [3.8, 4) is 11.5 Å². The van der Waals surface area contributed by atoms with E-state index in [1.807, 2.05) is 0 Å². The van der Waals surface area contributed by atoms with Crippen molar-refractivity contribution in [2.45, 2.75) is 70.8 Å². The second kappa shape index (κ2) is 10.4. The highest BCUT2D eigenvalue weighted by atomic mass is 35.5. The van der Waals surface area contributed by atoms with Crippen molar-refractivity contribution in [2.75, 3.05) is 0 Å². The average molecular weight is 395 g/mol. The molecule has 1 aromatic carbocycles. The van der Waals surface area contributed by atoms with Gasteiger partial charge >= 0.3 is 5.97 Å². The number of benzene rings is 1. The predicted octanol–water partition coefficient (Wildman–Crippen LogP) is 5.10. The third-order valence-corrected chi connectivity index (χ3v) is 5.10. The lowest BCUT2D eigenvalue weighted by molar-refractivity contribution is -0.118. The van der Waals surface area contributed by atoms with Gasteiger partial charge in [0.15, 0.2) is 0 Å². The zero-order chi connectivity index (χ0) is 19.8. The van der Waals surface area contributed by atoms with Crippen LogP contribution in [0.5, 0.6) is 11.5 Å². The quantitative estimate of drug-likeness (QED) is 0.472. The first-order valence-corrected chi connectivity index (χ1v) is 9.89. The van der Waals surface area contributed by atoms with Crippen molar-refractivity contribution in [1.29, 1.82) is 0 Å². The van der Waals surface area contributed by atoms with Crippen LogP contribution in [-0.2, 0) is 16.0 Å². The maximum atomic E-state index is 12.6. The van der Waals surface area contributed by atoms with Crippen LogP contribution in [0, 0.1) is 0 Å². The second-order valence-corrected chi connectivity index (χ2v) is 7.39. The van der Waals surface area contributed by atoms with Gasteiger partial charge in [-0.1, -0.05) is 23.8 Å². The lowest BCUT2D eigenvalue weighted by atomic mass is 9.98. The molecule has 2 N–H and O–H groups in total. The molecule has 0 aliphatic carbocycles. The Morgan fingerprint density at radius 2 is 1.70 bits per heavy atom. The Labute approximate surface area is 165 Å². The third kappa shape index (κ3) is 6.28. The van der Waals surface area contributed by atoms with Gasteiger partial charge in [-0.15, -0.1) is 0 Å². The number of hydrogen-bond acceptors (Lipinski definition) is 5. The summed E-state index contributed by atoms with van der Waals surface area (Å²) in [6.45, 7) is 1.80. The number of rotatable bonds is 0. The molecule has 0 spiro atoms. The number of ether oxygens (including phenoxy) is 1. The maximum Gasteiger partial charge on any atom is 0.342 e. The van der Waals surface area contributed by atoms with Gasteiger partial charge in [-0.05, 0) is 51.9 Å². The van der Waals surface area contributed by atoms with Crippen LogP contribution in [-0.4, -0.2) is 28.1 Å². The van der Waals surface area contributed by atoms with Gasteiger partial charge < -0.3 is 14.9 Å². The molecule has 0 saturated heterocycles. The SMILES string of the molecule is CC1CCCC/C=C/CCCCC(=O)Cc2c(Cl)c(O)cc(O)c2C(=O)O1. The number of carbonyl (C=O) groups excluding carboxylic acids is 2. The van der Waals surface area contributed by atoms with Crippen LogP contribution < -0.4 is 0 Å². The number of cyclic esters (lactones) is 1. The molecular weight excluding hydrogens is 368 g/mol. The summed E-state index contributed by atoms with van der Waals surface area (Å²) < 4.78 is 5.44. The van der Waals surface area contributed by atoms with Gasteiger partial charge in [0, 0.05) is 24.5 Å². The monoisotopic (exact) mass is 394 g/mol. The number of fused-ring (bicyclic) bond motifs is 1. The Morgan fingerprint density at radius 3 is 2.41 bits per heavy atom. The highest BCUT2D eigenvalue weighted by molar-refractivity contribution is 6.33. The minimum absolute atomic E-state index is 0.0957. The van der Waals surface area contributed by atoms with E-state index in [2.05, 4.69) is 12.2 Å². The summed E-state index contributed by atoms with van der Waals surface area (Å²) in [5.74, 6) is -1.62. The van der Waals surface area contributed by atoms with E-state index < -0.39 is 11.7 Å². The molecule has 6 heteroatoms. The first-order chi connectivity index (χ1) is 12.9. The highest BCUT2D eigenvalue weighted by Crippen LogP contribution is 2.37. The molecule has 1 heterocycles. The molecule has 0 saturated carbocycles. The molecule has 0 bridgehead atoms. The lowest BCUT2D eigenvalue weighted by Crippen LogP contribution is -2.18. The van der Waals surface area contributed by atoms with Crippen LogP contribution in [0.2, 0.25) is 5.02 Å². The summed E-state index contributed by atoms with van der Waals surface area (Å²) in [4.78, 5) is 25.0. The minimum atomic E-state index is -0.728. The van der Waals surface area contributed by atoms with Crippen LogP contribution >= 0.6 is 11.6 Å². The largest absolute Gasteiger partial charge is 0.507 e. The van der Waals surface area contributed by atoms with E-state index in [-0.39, 0.29) is 40.2 Å². The average Bonchev–Trinajstić information content (AvgIpc) is 2.60. The number of carbonyl (C=O) groups is 2. The fourth-order valence-electron chi connectivity index (χ4n) is 3.18. The molecule has 1 aliphatic heterocycles. The maximum absolute atomic E-state index is 12.6. The van der Waals surface area contributed by atoms with Crippen LogP contribution in [0.25, 0.3) is 0 Å². The Balaban J connectivity index is 2.30. The number of halogens is 1. The van der Waals surface area contributed by atoms with Crippen molar-refractivity contribution in [1.82, 2.24) is 0 Å². The van der Waals surface area contributed by atoms with Gasteiger partial charge in [0.25, 0.3) is 0 Å². The van der Waals surface area contributed by atoms with Crippen LogP contribution in [0.3, 0.4) is 0 Å². The number of ketones is 1. The van der Waals surface area contributed by atoms with E-state index in [0.29, 0.717) is 12.8 Å². The zero-order valence-electron chi connectivity index (χ0n) is 15.7. The second-order valence-electron chi connectivity index (χ2n) is 7.02. The van der Waals surface area contributed by atoms with E-state index in [1.165, 1.54) is 0 Å². The number of esters is 1. The van der Waals surface area contributed by atoms with E-state index in [9.17, 15) is 19.8 Å². The third-order valence-electron chi connectivity index (χ3n) is 4.68. The van der Waals surface area contributed by atoms with Crippen LogP contribution in [0.4, 0.5) is 0 Å². The smallest absolute Gasteiger partial charge is 0.342 e. The van der Waals surface area contributed by atoms with Crippen molar-refractivity contribution in [2.24, 2.45) is 0 Å². The van der Waals surface area contributed by atoms with E-state index in [0.717, 1.165) is 44.6 Å². The van der Waals surface area contributed by atoms with E-state index >= 15 is 0 Å². The normalized spacial score (nSPS) is 21.8. The van der Waals surface area contributed by atoms with Crippen LogP contribution in [0.1, 0.15) is 74.2 Å². The van der Waals surface area contributed by atoms with Crippen molar-refractivity contribution in [3.05, 3.63) is 34.4 Å². The van der Waals surface area contributed by atoms with E-state index in [4.69, 9.17) is 16.3 Å². The molecule has 0 radical (unpaired) electrons. The Kier molecular flexibility index (Phi) is 8.17. The number of phenols is 2. The first-order valence-electron chi connectivity index (χ1n) is 9.51. The molecule has 27 heavy (non-hydrogen) atoms. The fraction of sp³-hybridized carbons (Fsp3) is 0.524. The number of phenolic OH excluding ortho intramolecular Hbond substituents is 2. The van der Waals surface area contributed by atoms with Crippen LogP contribution in [0.15, 0.2) is 18.2 Å². The van der Waals surface area contributed by atoms with E-state index in [1.54, 1.807) is 6.92 Å². The zero-order valence-corrected chi connectivity index (χ0v) is 16.4. The molecule has 148 valence electrons. The predicted molar refractivity (Wildman–Crippen MR) is 104 cm³/mol. The molecule has 1 unspecified atom stereocenters. The highest BCUT2D eigenvalue weighted by Gasteiger charge is 2.26. The summed E-state index contributed by atoms with van der Waals surface area (Å²) in [7, 11) is 0. The number of Topliss-reactive ketones (excluding diaryl/α,β-unsaturated/α-hetero) is 1. The Morgan fingerprint density at radius 1 is 1.04 bits per heavy atom. The van der Waals surface area contributed by atoms with Gasteiger partial charge in [0.05, 0.1) is 11.1 Å². The molecule has 0 fully saturated rings. The minimum Gasteiger partial charge on any atom is -0.507 e. The number of aromatic hydroxyl groups is 2.